The topological polar surface area (TPSA) is 78.7 Å². The molecule has 7 heteroatoms. The van der Waals surface area contributed by atoms with Gasteiger partial charge in [0.05, 0.1) is 12.2 Å². The van der Waals surface area contributed by atoms with Crippen LogP contribution in [0.25, 0.3) is 0 Å². The van der Waals surface area contributed by atoms with Gasteiger partial charge >= 0.3 is 0 Å². The summed E-state index contributed by atoms with van der Waals surface area (Å²) in [4.78, 5) is 28.4. The Morgan fingerprint density at radius 3 is 2.68 bits per heavy atom. The summed E-state index contributed by atoms with van der Waals surface area (Å²) in [5.74, 6) is 0.709. The number of nitrogens with one attached hydrogen (secondary N) is 1. The van der Waals surface area contributed by atoms with Crippen molar-refractivity contribution < 1.29 is 14.1 Å². The summed E-state index contributed by atoms with van der Waals surface area (Å²) in [6.07, 6.45) is 4.20. The molecule has 0 saturated carbocycles. The third-order valence-corrected chi connectivity index (χ3v) is 5.29. The standard InChI is InChI=1S/C18H28N4O3/c1-12(2)14-10-18(25-20-14)19-17(24)11-21-8-4-6-15(21)16-7-5-9-22(16)13(3)23/h10,12,15-16H,4-9,11H2,1-3H3,(H,19,24)/t15-,16-/m1/s1. The van der Waals surface area contributed by atoms with Crippen molar-refractivity contribution in [3.05, 3.63) is 11.8 Å². The van der Waals surface area contributed by atoms with E-state index in [0.29, 0.717) is 12.4 Å². The van der Waals surface area contributed by atoms with Crippen LogP contribution in [0.15, 0.2) is 10.6 Å². The largest absolute Gasteiger partial charge is 0.338 e. The Kier molecular flexibility index (Phi) is 5.42. The van der Waals surface area contributed by atoms with Gasteiger partial charge in [-0.15, -0.1) is 0 Å². The van der Waals surface area contributed by atoms with Crippen molar-refractivity contribution in [2.45, 2.75) is 64.5 Å². The van der Waals surface area contributed by atoms with Gasteiger partial charge in [0.25, 0.3) is 0 Å². The lowest BCUT2D eigenvalue weighted by atomic mass is 10.0. The molecule has 3 heterocycles. The molecule has 1 N–H and O–H groups in total. The second-order valence-corrected chi connectivity index (χ2v) is 7.42. The van der Waals surface area contributed by atoms with E-state index in [1.165, 1.54) is 0 Å². The summed E-state index contributed by atoms with van der Waals surface area (Å²) in [6.45, 7) is 7.76. The van der Waals surface area contributed by atoms with Gasteiger partial charge in [0.2, 0.25) is 17.7 Å². The fraction of sp³-hybridized carbons (Fsp3) is 0.722. The molecule has 0 bridgehead atoms. The van der Waals surface area contributed by atoms with E-state index in [-0.39, 0.29) is 29.8 Å². The van der Waals surface area contributed by atoms with Crippen LogP contribution in [0.4, 0.5) is 5.88 Å². The maximum atomic E-state index is 12.4. The van der Waals surface area contributed by atoms with Crippen molar-refractivity contribution in [1.82, 2.24) is 15.0 Å². The summed E-state index contributed by atoms with van der Waals surface area (Å²) in [5.41, 5.74) is 0.831. The summed E-state index contributed by atoms with van der Waals surface area (Å²) >= 11 is 0. The molecule has 1 aromatic rings. The molecule has 0 aromatic carbocycles. The molecule has 3 rings (SSSR count). The van der Waals surface area contributed by atoms with Gasteiger partial charge in [-0.25, -0.2) is 0 Å². The first-order valence-electron chi connectivity index (χ1n) is 9.23. The fourth-order valence-corrected chi connectivity index (χ4v) is 4.05. The molecule has 0 aliphatic carbocycles. The highest BCUT2D eigenvalue weighted by Gasteiger charge is 2.39. The van der Waals surface area contributed by atoms with E-state index >= 15 is 0 Å². The zero-order chi connectivity index (χ0) is 18.0. The molecule has 138 valence electrons. The zero-order valence-corrected chi connectivity index (χ0v) is 15.3. The van der Waals surface area contributed by atoms with Gasteiger partial charge in [-0.3, -0.25) is 19.8 Å². The van der Waals surface area contributed by atoms with Crippen LogP contribution >= 0.6 is 0 Å². The van der Waals surface area contributed by atoms with Crippen LogP contribution in [0.5, 0.6) is 0 Å². The average Bonchev–Trinajstić information content (AvgIpc) is 3.25. The summed E-state index contributed by atoms with van der Waals surface area (Å²) in [5, 5.41) is 6.76. The Hall–Kier alpha value is -1.89. The first-order valence-corrected chi connectivity index (χ1v) is 9.23. The summed E-state index contributed by atoms with van der Waals surface area (Å²) in [7, 11) is 0. The van der Waals surface area contributed by atoms with Crippen LogP contribution in [0.2, 0.25) is 0 Å². The molecule has 25 heavy (non-hydrogen) atoms. The van der Waals surface area contributed by atoms with Crippen molar-refractivity contribution >= 4 is 17.7 Å². The van der Waals surface area contributed by atoms with Crippen molar-refractivity contribution in [1.29, 1.82) is 0 Å². The third-order valence-electron chi connectivity index (χ3n) is 5.29. The maximum absolute atomic E-state index is 12.4. The van der Waals surface area contributed by atoms with Crippen LogP contribution in [0.1, 0.15) is 58.1 Å². The maximum Gasteiger partial charge on any atom is 0.240 e. The van der Waals surface area contributed by atoms with Crippen LogP contribution in [-0.2, 0) is 9.59 Å². The third kappa shape index (κ3) is 4.03. The highest BCUT2D eigenvalue weighted by atomic mass is 16.5. The fourth-order valence-electron chi connectivity index (χ4n) is 4.05. The van der Waals surface area contributed by atoms with E-state index in [9.17, 15) is 9.59 Å². The number of hydrogen-bond acceptors (Lipinski definition) is 5. The Balaban J connectivity index is 1.59. The molecule has 2 amide bonds. The number of carbonyl (C=O) groups is 2. The smallest absolute Gasteiger partial charge is 0.240 e. The second kappa shape index (κ2) is 7.56. The van der Waals surface area contributed by atoms with Gasteiger partial charge in [0.15, 0.2) is 0 Å². The van der Waals surface area contributed by atoms with Crippen LogP contribution in [0, 0.1) is 0 Å². The highest BCUT2D eigenvalue weighted by Crippen LogP contribution is 2.30. The number of rotatable bonds is 5. The van der Waals surface area contributed by atoms with Gasteiger partial charge in [0, 0.05) is 31.6 Å². The van der Waals surface area contributed by atoms with Crippen molar-refractivity contribution in [3.63, 3.8) is 0 Å². The van der Waals surface area contributed by atoms with E-state index in [2.05, 4.69) is 15.4 Å². The van der Waals surface area contributed by atoms with Gasteiger partial charge in [-0.2, -0.15) is 0 Å². The van der Waals surface area contributed by atoms with E-state index in [0.717, 1.165) is 44.5 Å². The van der Waals surface area contributed by atoms with E-state index in [1.807, 2.05) is 18.7 Å². The molecule has 1 aromatic heterocycles. The molecule has 2 fully saturated rings. The van der Waals surface area contributed by atoms with Gasteiger partial charge < -0.3 is 9.42 Å². The SMILES string of the molecule is CC(=O)N1CCC[C@@H]1[C@H]1CCCN1CC(=O)Nc1cc(C(C)C)no1. The predicted molar refractivity (Wildman–Crippen MR) is 94.2 cm³/mol. The number of nitrogens with zero attached hydrogens (tertiary/aromatic N) is 3. The summed E-state index contributed by atoms with van der Waals surface area (Å²) < 4.78 is 5.18. The molecular weight excluding hydrogens is 320 g/mol. The monoisotopic (exact) mass is 348 g/mol. The predicted octanol–water partition coefficient (Wildman–Crippen LogP) is 2.21. The Morgan fingerprint density at radius 2 is 2.00 bits per heavy atom. The zero-order valence-electron chi connectivity index (χ0n) is 15.3. The Labute approximate surface area is 148 Å². The number of carbonyl (C=O) groups excluding carboxylic acids is 2. The number of hydrogen-bond donors (Lipinski definition) is 1. The first kappa shape index (κ1) is 17.9. The molecule has 2 saturated heterocycles. The molecule has 0 radical (unpaired) electrons. The average molecular weight is 348 g/mol. The molecule has 7 nitrogen and oxygen atoms in total. The van der Waals surface area contributed by atoms with Crippen molar-refractivity contribution in [2.24, 2.45) is 0 Å². The van der Waals surface area contributed by atoms with Crippen LogP contribution in [-0.4, -0.2) is 58.5 Å². The number of amides is 2. The highest BCUT2D eigenvalue weighted by molar-refractivity contribution is 5.91. The first-order chi connectivity index (χ1) is 12.0. The number of aromatic nitrogens is 1. The molecule has 0 spiro atoms. The minimum Gasteiger partial charge on any atom is -0.338 e. The lowest BCUT2D eigenvalue weighted by Gasteiger charge is -2.34. The number of likely N-dealkylation sites (tertiary alicyclic amines) is 2. The minimum atomic E-state index is -0.0919. The van der Waals surface area contributed by atoms with E-state index in [4.69, 9.17) is 4.52 Å². The number of anilines is 1. The molecule has 2 aliphatic rings. The molecule has 0 unspecified atom stereocenters. The van der Waals surface area contributed by atoms with Crippen LogP contribution in [0.3, 0.4) is 0 Å². The quantitative estimate of drug-likeness (QED) is 0.883. The summed E-state index contributed by atoms with van der Waals surface area (Å²) in [6, 6.07) is 2.29. The molecular formula is C18H28N4O3. The normalized spacial score (nSPS) is 24.2. The second-order valence-electron chi connectivity index (χ2n) is 7.42. The lowest BCUT2D eigenvalue weighted by molar-refractivity contribution is -0.130. The Bertz CT molecular complexity index is 628. The van der Waals surface area contributed by atoms with Crippen molar-refractivity contribution in [3.8, 4) is 0 Å². The molecule has 2 aliphatic heterocycles. The van der Waals surface area contributed by atoms with Gasteiger partial charge in [0.1, 0.15) is 0 Å². The minimum absolute atomic E-state index is 0.0919. The molecule has 2 atom stereocenters. The van der Waals surface area contributed by atoms with Gasteiger partial charge in [-0.05, 0) is 38.1 Å². The van der Waals surface area contributed by atoms with Gasteiger partial charge in [-0.1, -0.05) is 19.0 Å². The van der Waals surface area contributed by atoms with E-state index in [1.54, 1.807) is 13.0 Å². The van der Waals surface area contributed by atoms with Crippen LogP contribution < -0.4 is 5.32 Å². The van der Waals surface area contributed by atoms with Crippen molar-refractivity contribution in [2.75, 3.05) is 25.0 Å². The van der Waals surface area contributed by atoms with E-state index < -0.39 is 0 Å². The lowest BCUT2D eigenvalue weighted by Crippen LogP contribution is -2.49. The Morgan fingerprint density at radius 1 is 1.28 bits per heavy atom.